The molecule has 44 heavy (non-hydrogen) atoms. The van der Waals surface area contributed by atoms with Gasteiger partial charge in [-0.25, -0.2) is 0 Å². The molecule has 4 heterocycles. The van der Waals surface area contributed by atoms with E-state index in [0.717, 1.165) is 99.0 Å². The van der Waals surface area contributed by atoms with Crippen molar-refractivity contribution in [2.75, 3.05) is 31.7 Å². The van der Waals surface area contributed by atoms with E-state index < -0.39 is 0 Å². The summed E-state index contributed by atoms with van der Waals surface area (Å²) in [5.74, 6) is 2.21. The van der Waals surface area contributed by atoms with Gasteiger partial charge < -0.3 is 23.6 Å². The third-order valence-electron chi connectivity index (χ3n) is 10.5. The highest BCUT2D eigenvalue weighted by Gasteiger charge is 2.50. The molecule has 0 unspecified atom stereocenters. The van der Waals surface area contributed by atoms with Crippen LogP contribution in [-0.2, 0) is 16.1 Å². The molecule has 0 spiro atoms. The minimum absolute atomic E-state index is 0.135. The van der Waals surface area contributed by atoms with Crippen molar-refractivity contribution in [1.29, 1.82) is 0 Å². The lowest BCUT2D eigenvalue weighted by atomic mass is 9.59. The highest BCUT2D eigenvalue weighted by Crippen LogP contribution is 2.55. The summed E-state index contributed by atoms with van der Waals surface area (Å²) in [6, 6.07) is 8.37. The van der Waals surface area contributed by atoms with Crippen LogP contribution in [0.2, 0.25) is 10.0 Å². The maximum Gasteiger partial charge on any atom is 0.145 e. The second-order valence-electron chi connectivity index (χ2n) is 13.2. The number of fused-ring (bicyclic) bond motifs is 4. The van der Waals surface area contributed by atoms with Crippen LogP contribution in [0, 0.1) is 5.41 Å². The average molecular weight is 636 g/mol. The van der Waals surface area contributed by atoms with Crippen LogP contribution < -0.4 is 9.64 Å². The molecule has 4 aliphatic carbocycles. The molecule has 1 aliphatic heterocycles. The van der Waals surface area contributed by atoms with E-state index in [4.69, 9.17) is 41.9 Å². The fourth-order valence-corrected chi connectivity index (χ4v) is 7.89. The van der Waals surface area contributed by atoms with Gasteiger partial charge in [-0.2, -0.15) is 0 Å². The molecule has 0 radical (unpaired) electrons. The Labute approximate surface area is 267 Å². The number of nitrogens with zero attached hydrogens (tertiary/aromatic N) is 4. The number of pyridine rings is 2. The van der Waals surface area contributed by atoms with Gasteiger partial charge in [0.1, 0.15) is 17.2 Å². The molecule has 2 bridgehead atoms. The first-order valence-electron chi connectivity index (χ1n) is 15.7. The average Bonchev–Trinajstić information content (AvgIpc) is 3.79. The van der Waals surface area contributed by atoms with Crippen molar-refractivity contribution in [2.24, 2.45) is 5.41 Å². The van der Waals surface area contributed by atoms with Crippen molar-refractivity contribution in [3.63, 3.8) is 0 Å². The van der Waals surface area contributed by atoms with Crippen molar-refractivity contribution in [1.82, 2.24) is 15.1 Å². The summed E-state index contributed by atoms with van der Waals surface area (Å²) in [5.41, 5.74) is 4.54. The molecule has 0 atom stereocenters. The van der Waals surface area contributed by atoms with Crippen LogP contribution >= 0.6 is 23.2 Å². The van der Waals surface area contributed by atoms with E-state index in [1.165, 1.54) is 5.69 Å². The number of rotatable bonds is 10. The molecular formula is C34H36Cl2N4O4. The van der Waals surface area contributed by atoms with E-state index in [1.807, 2.05) is 6.20 Å². The van der Waals surface area contributed by atoms with Crippen molar-refractivity contribution in [3.8, 4) is 17.0 Å². The maximum atomic E-state index is 6.82. The Morgan fingerprint density at radius 2 is 1.75 bits per heavy atom. The Balaban J connectivity index is 0.937. The Morgan fingerprint density at radius 1 is 1.00 bits per heavy atom. The third-order valence-corrected chi connectivity index (χ3v) is 11.0. The number of ether oxygens (including phenoxy) is 3. The molecule has 4 aromatic rings. The first kappa shape index (κ1) is 28.6. The fraction of sp³-hybridized carbons (Fsp3) is 0.500. The van der Waals surface area contributed by atoms with Gasteiger partial charge in [0, 0.05) is 72.3 Å². The van der Waals surface area contributed by atoms with E-state index in [1.54, 1.807) is 19.5 Å². The van der Waals surface area contributed by atoms with Gasteiger partial charge in [0.25, 0.3) is 0 Å². The third kappa shape index (κ3) is 5.14. The highest BCUT2D eigenvalue weighted by atomic mass is 35.5. The number of halogens is 2. The summed E-state index contributed by atoms with van der Waals surface area (Å²) < 4.78 is 24.7. The summed E-state index contributed by atoms with van der Waals surface area (Å²) in [7, 11) is 1.78. The molecule has 0 amide bonds. The first-order chi connectivity index (χ1) is 21.4. The number of aromatic nitrogens is 3. The summed E-state index contributed by atoms with van der Waals surface area (Å²) in [4.78, 5) is 11.0. The van der Waals surface area contributed by atoms with Crippen LogP contribution in [0.1, 0.15) is 68.6 Å². The van der Waals surface area contributed by atoms with Crippen LogP contribution in [0.3, 0.4) is 0 Å². The van der Waals surface area contributed by atoms with Crippen molar-refractivity contribution < 1.29 is 18.7 Å². The lowest BCUT2D eigenvalue weighted by Crippen LogP contribution is -2.52. The minimum Gasteiger partial charge on any atom is -0.493 e. The van der Waals surface area contributed by atoms with Crippen molar-refractivity contribution >= 4 is 39.8 Å². The predicted octanol–water partition coefficient (Wildman–Crippen LogP) is 7.99. The van der Waals surface area contributed by atoms with Crippen LogP contribution in [0.25, 0.3) is 22.2 Å². The fourth-order valence-electron chi connectivity index (χ4n) is 7.35. The molecule has 0 N–H and O–H groups in total. The second-order valence-corrected chi connectivity index (χ2v) is 14.0. The Bertz CT molecular complexity index is 1660. The van der Waals surface area contributed by atoms with Gasteiger partial charge in [-0.3, -0.25) is 9.97 Å². The van der Waals surface area contributed by atoms with E-state index in [-0.39, 0.29) is 11.0 Å². The van der Waals surface area contributed by atoms with Gasteiger partial charge in [0.2, 0.25) is 0 Å². The van der Waals surface area contributed by atoms with Crippen LogP contribution in [0.15, 0.2) is 47.4 Å². The summed E-state index contributed by atoms with van der Waals surface area (Å²) in [6.45, 7) is 2.97. The number of methoxy groups -OCH3 is 1. The number of benzene rings is 1. The normalized spacial score (nSPS) is 25.0. The van der Waals surface area contributed by atoms with Gasteiger partial charge in [-0.15, -0.1) is 0 Å². The molecule has 9 rings (SSSR count). The predicted molar refractivity (Wildman–Crippen MR) is 170 cm³/mol. The minimum atomic E-state index is -0.135. The quantitative estimate of drug-likeness (QED) is 0.173. The van der Waals surface area contributed by atoms with Crippen LogP contribution in [0.4, 0.5) is 5.69 Å². The molecule has 1 aromatic carbocycles. The topological polar surface area (TPSA) is 82.7 Å². The van der Waals surface area contributed by atoms with E-state index in [0.29, 0.717) is 39.9 Å². The van der Waals surface area contributed by atoms with Crippen LogP contribution in [-0.4, -0.2) is 53.6 Å². The number of hydrogen-bond acceptors (Lipinski definition) is 8. The monoisotopic (exact) mass is 634 g/mol. The molecule has 5 fully saturated rings. The van der Waals surface area contributed by atoms with Crippen molar-refractivity contribution in [2.45, 2.75) is 75.6 Å². The molecule has 230 valence electrons. The Morgan fingerprint density at radius 3 is 2.45 bits per heavy atom. The van der Waals surface area contributed by atoms with E-state index in [9.17, 15) is 0 Å². The molecule has 3 aromatic heterocycles. The van der Waals surface area contributed by atoms with Crippen LogP contribution in [0.5, 0.6) is 5.75 Å². The van der Waals surface area contributed by atoms with E-state index >= 15 is 0 Å². The van der Waals surface area contributed by atoms with Gasteiger partial charge in [0.05, 0.1) is 40.5 Å². The van der Waals surface area contributed by atoms with Gasteiger partial charge in [-0.05, 0) is 75.6 Å². The zero-order valence-corrected chi connectivity index (χ0v) is 26.4. The zero-order chi connectivity index (χ0) is 29.9. The summed E-state index contributed by atoms with van der Waals surface area (Å²) >= 11 is 13.0. The lowest BCUT2D eigenvalue weighted by Gasteiger charge is -2.52. The number of hydrogen-bond donors (Lipinski definition) is 0. The van der Waals surface area contributed by atoms with E-state index in [2.05, 4.69) is 44.3 Å². The molecule has 1 saturated heterocycles. The molecule has 5 aliphatic rings. The standard InChI is InChI=1S/C34H36Cl2N4O4/c1-41-23-17-40(18-23)29-6-13-38-28-5-4-22(14-24(28)29)42-20-33-7-10-34(11-8-33,12-9-33)43-19-25-31(39-44-32(25)21-2-3-21)30-26(35)15-37-16-27(30)36/h4-6,13-16,21,23H,2-3,7-12,17-20H2,1H3. The molecule has 10 heteroatoms. The lowest BCUT2D eigenvalue weighted by molar-refractivity contribution is -0.150. The first-order valence-corrected chi connectivity index (χ1v) is 16.4. The smallest absolute Gasteiger partial charge is 0.145 e. The molecular weight excluding hydrogens is 599 g/mol. The maximum absolute atomic E-state index is 6.82. The van der Waals surface area contributed by atoms with Gasteiger partial charge >= 0.3 is 0 Å². The summed E-state index contributed by atoms with van der Waals surface area (Å²) in [5, 5.41) is 6.48. The second kappa shape index (κ2) is 11.2. The van der Waals surface area contributed by atoms with Gasteiger partial charge in [0.15, 0.2) is 0 Å². The zero-order valence-electron chi connectivity index (χ0n) is 24.9. The van der Waals surface area contributed by atoms with Gasteiger partial charge in [-0.1, -0.05) is 28.4 Å². The SMILES string of the molecule is COC1CN(c2ccnc3ccc(OCC45CCC(OCc6c(-c7c(Cl)cncc7Cl)noc6C6CC6)(CC4)CC5)cc23)C1. The number of anilines is 1. The molecule has 8 nitrogen and oxygen atoms in total. The largest absolute Gasteiger partial charge is 0.493 e. The van der Waals surface area contributed by atoms with Crippen molar-refractivity contribution in [3.05, 3.63) is 64.2 Å². The Kier molecular flexibility index (Phi) is 7.24. The Hall–Kier alpha value is -2.91. The highest BCUT2D eigenvalue weighted by molar-refractivity contribution is 6.38. The summed E-state index contributed by atoms with van der Waals surface area (Å²) in [6.07, 6.45) is 13.9. The molecule has 4 saturated carbocycles.